The number of aliphatic hydroxyl groups excluding tert-OH is 1. The quantitative estimate of drug-likeness (QED) is 0.789. The summed E-state index contributed by atoms with van der Waals surface area (Å²) in [6.45, 7) is 8.97. The minimum absolute atomic E-state index is 0.0370. The number of rotatable bonds is 4. The van der Waals surface area contributed by atoms with Gasteiger partial charge in [0.2, 0.25) is 0 Å². The summed E-state index contributed by atoms with van der Waals surface area (Å²) < 4.78 is 7.86. The molecule has 0 bridgehead atoms. The maximum Gasteiger partial charge on any atom is 0.180 e. The summed E-state index contributed by atoms with van der Waals surface area (Å²) in [6, 6.07) is 12.3. The Balaban J connectivity index is 1.81. The van der Waals surface area contributed by atoms with Crippen LogP contribution in [0.1, 0.15) is 43.3 Å². The summed E-state index contributed by atoms with van der Waals surface area (Å²) in [5, 5.41) is 9.49. The number of hydrogen-bond acceptors (Lipinski definition) is 3. The first-order valence-corrected chi connectivity index (χ1v) is 8.20. The van der Waals surface area contributed by atoms with Crippen LogP contribution in [0.3, 0.4) is 0 Å². The molecule has 4 nitrogen and oxygen atoms in total. The number of aryl methyl sites for hydroxylation is 1. The van der Waals surface area contributed by atoms with E-state index < -0.39 is 0 Å². The smallest absolute Gasteiger partial charge is 0.180 e. The average molecular weight is 324 g/mol. The van der Waals surface area contributed by atoms with Gasteiger partial charge in [-0.1, -0.05) is 45.0 Å². The van der Waals surface area contributed by atoms with Crippen LogP contribution < -0.4 is 4.74 Å². The van der Waals surface area contributed by atoms with Crippen molar-refractivity contribution in [1.82, 2.24) is 9.38 Å². The second kappa shape index (κ2) is 6.29. The van der Waals surface area contributed by atoms with Gasteiger partial charge >= 0.3 is 0 Å². The van der Waals surface area contributed by atoms with Crippen LogP contribution in [0.5, 0.6) is 5.75 Å². The van der Waals surface area contributed by atoms with Gasteiger partial charge in [0.1, 0.15) is 6.61 Å². The summed E-state index contributed by atoms with van der Waals surface area (Å²) in [7, 11) is 0. The van der Waals surface area contributed by atoms with E-state index in [1.54, 1.807) is 0 Å². The number of imidazole rings is 1. The summed E-state index contributed by atoms with van der Waals surface area (Å²) in [5.74, 6) is 0.722. The fourth-order valence-electron chi connectivity index (χ4n) is 2.77. The third-order valence-electron chi connectivity index (χ3n) is 4.28. The van der Waals surface area contributed by atoms with Crippen LogP contribution in [-0.2, 0) is 18.6 Å². The van der Waals surface area contributed by atoms with Crippen molar-refractivity contribution in [2.24, 2.45) is 0 Å². The van der Waals surface area contributed by atoms with Gasteiger partial charge in [-0.05, 0) is 35.6 Å². The van der Waals surface area contributed by atoms with E-state index in [0.717, 1.165) is 28.3 Å². The van der Waals surface area contributed by atoms with Crippen molar-refractivity contribution in [1.29, 1.82) is 0 Å². The van der Waals surface area contributed by atoms with Crippen molar-refractivity contribution in [3.05, 3.63) is 65.1 Å². The number of nitrogens with zero attached hydrogens (tertiary/aromatic N) is 2. The van der Waals surface area contributed by atoms with E-state index >= 15 is 0 Å². The van der Waals surface area contributed by atoms with E-state index in [1.807, 2.05) is 29.7 Å². The molecule has 3 rings (SSSR count). The molecule has 3 aromatic rings. The lowest BCUT2D eigenvalue weighted by Gasteiger charge is -2.19. The molecule has 0 atom stereocenters. The zero-order valence-corrected chi connectivity index (χ0v) is 14.7. The highest BCUT2D eigenvalue weighted by atomic mass is 16.5. The van der Waals surface area contributed by atoms with Crippen LogP contribution in [0.15, 0.2) is 42.6 Å². The predicted molar refractivity (Wildman–Crippen MR) is 95.3 cm³/mol. The highest BCUT2D eigenvalue weighted by Crippen LogP contribution is 2.25. The number of aliphatic hydroxyl groups is 1. The van der Waals surface area contributed by atoms with Crippen LogP contribution in [0.2, 0.25) is 0 Å². The van der Waals surface area contributed by atoms with Crippen molar-refractivity contribution in [3.63, 3.8) is 0 Å². The normalized spacial score (nSPS) is 11.9. The van der Waals surface area contributed by atoms with Crippen molar-refractivity contribution < 1.29 is 9.84 Å². The Morgan fingerprint density at radius 1 is 1.12 bits per heavy atom. The van der Waals surface area contributed by atoms with Gasteiger partial charge in [-0.25, -0.2) is 4.98 Å². The highest BCUT2D eigenvalue weighted by Gasteiger charge is 2.14. The van der Waals surface area contributed by atoms with E-state index in [4.69, 9.17) is 4.74 Å². The van der Waals surface area contributed by atoms with Crippen LogP contribution in [0.4, 0.5) is 0 Å². The van der Waals surface area contributed by atoms with Crippen LogP contribution in [0.25, 0.3) is 5.65 Å². The van der Waals surface area contributed by atoms with Crippen molar-refractivity contribution >= 4 is 5.65 Å². The Bertz CT molecular complexity index is 842. The molecule has 0 amide bonds. The van der Waals surface area contributed by atoms with E-state index in [9.17, 15) is 5.11 Å². The second-order valence-electron chi connectivity index (χ2n) is 7.10. The average Bonchev–Trinajstić information content (AvgIpc) is 2.88. The van der Waals surface area contributed by atoms with E-state index in [0.29, 0.717) is 6.61 Å². The summed E-state index contributed by atoms with van der Waals surface area (Å²) in [6.07, 6.45) is 1.89. The Hall–Kier alpha value is -2.33. The largest absolute Gasteiger partial charge is 0.485 e. The molecule has 4 heteroatoms. The monoisotopic (exact) mass is 324 g/mol. The zero-order valence-electron chi connectivity index (χ0n) is 14.7. The summed E-state index contributed by atoms with van der Waals surface area (Å²) in [5.41, 5.74) is 4.94. The Morgan fingerprint density at radius 2 is 1.83 bits per heavy atom. The fourth-order valence-corrected chi connectivity index (χ4v) is 2.77. The van der Waals surface area contributed by atoms with Gasteiger partial charge in [-0.15, -0.1) is 0 Å². The third-order valence-corrected chi connectivity index (χ3v) is 4.28. The number of pyridine rings is 1. The molecule has 0 spiro atoms. The first kappa shape index (κ1) is 16.5. The minimum Gasteiger partial charge on any atom is -0.485 e. The Morgan fingerprint density at radius 3 is 2.46 bits per heavy atom. The maximum absolute atomic E-state index is 9.49. The first-order chi connectivity index (χ1) is 11.4. The molecular formula is C20H24N2O2. The molecule has 0 fully saturated rings. The number of ether oxygens (including phenoxy) is 1. The van der Waals surface area contributed by atoms with Gasteiger partial charge in [0.25, 0.3) is 0 Å². The van der Waals surface area contributed by atoms with E-state index in [2.05, 4.69) is 50.0 Å². The van der Waals surface area contributed by atoms with Crippen molar-refractivity contribution in [2.75, 3.05) is 0 Å². The number of hydrogen-bond donors (Lipinski definition) is 1. The molecular weight excluding hydrogens is 300 g/mol. The van der Waals surface area contributed by atoms with Gasteiger partial charge in [0.05, 0.1) is 18.0 Å². The summed E-state index contributed by atoms with van der Waals surface area (Å²) in [4.78, 5) is 4.52. The molecule has 0 aliphatic carbocycles. The maximum atomic E-state index is 9.49. The van der Waals surface area contributed by atoms with Gasteiger partial charge in [0, 0.05) is 6.20 Å². The van der Waals surface area contributed by atoms with Crippen molar-refractivity contribution in [3.8, 4) is 5.75 Å². The SMILES string of the molecule is Cc1nc2c(OCc3ccc(C(C)(C)C)cc3)cccn2c1CO. The molecule has 2 aromatic heterocycles. The second-order valence-corrected chi connectivity index (χ2v) is 7.10. The van der Waals surface area contributed by atoms with Gasteiger partial charge in [-0.3, -0.25) is 4.40 Å². The van der Waals surface area contributed by atoms with E-state index in [1.165, 1.54) is 5.56 Å². The van der Waals surface area contributed by atoms with Gasteiger partial charge in [0.15, 0.2) is 11.4 Å². The van der Waals surface area contributed by atoms with Crippen LogP contribution >= 0.6 is 0 Å². The molecule has 0 radical (unpaired) electrons. The molecule has 0 aliphatic heterocycles. The Kier molecular flexibility index (Phi) is 4.33. The third kappa shape index (κ3) is 3.15. The van der Waals surface area contributed by atoms with Gasteiger partial charge in [-0.2, -0.15) is 0 Å². The molecule has 2 heterocycles. The van der Waals surface area contributed by atoms with Crippen molar-refractivity contribution in [2.45, 2.75) is 46.3 Å². The molecule has 1 aromatic carbocycles. The molecule has 0 saturated carbocycles. The lowest BCUT2D eigenvalue weighted by molar-refractivity contribution is 0.274. The lowest BCUT2D eigenvalue weighted by atomic mass is 9.87. The number of benzene rings is 1. The van der Waals surface area contributed by atoms with Crippen LogP contribution in [0, 0.1) is 6.92 Å². The first-order valence-electron chi connectivity index (χ1n) is 8.20. The fraction of sp³-hybridized carbons (Fsp3) is 0.350. The molecule has 0 saturated heterocycles. The minimum atomic E-state index is -0.0370. The summed E-state index contributed by atoms with van der Waals surface area (Å²) >= 11 is 0. The zero-order chi connectivity index (χ0) is 17.3. The Labute approximate surface area is 142 Å². The topological polar surface area (TPSA) is 46.8 Å². The standard InChI is InChI=1S/C20H24N2O2/c1-14-17(12-23)22-11-5-6-18(19(22)21-14)24-13-15-7-9-16(10-8-15)20(2,3)4/h5-11,23H,12-13H2,1-4H3. The molecule has 0 aliphatic rings. The van der Waals surface area contributed by atoms with Gasteiger partial charge < -0.3 is 9.84 Å². The predicted octanol–water partition coefficient (Wildman–Crippen LogP) is 4.01. The van der Waals surface area contributed by atoms with E-state index in [-0.39, 0.29) is 12.0 Å². The number of fused-ring (bicyclic) bond motifs is 1. The molecule has 126 valence electrons. The number of aromatic nitrogens is 2. The highest BCUT2D eigenvalue weighted by molar-refractivity contribution is 5.56. The molecule has 1 N–H and O–H groups in total. The molecule has 24 heavy (non-hydrogen) atoms. The lowest BCUT2D eigenvalue weighted by Crippen LogP contribution is -2.10. The van der Waals surface area contributed by atoms with Crippen LogP contribution in [-0.4, -0.2) is 14.5 Å². The molecule has 0 unspecified atom stereocenters.